The maximum Gasteiger partial charge on any atom is 0.336 e. The molecule has 3 aromatic carbocycles. The minimum absolute atomic E-state index is 0.0619. The Kier molecular flexibility index (Phi) is 7.33. The van der Waals surface area contributed by atoms with E-state index in [1.807, 2.05) is 6.92 Å². The van der Waals surface area contributed by atoms with Gasteiger partial charge in [-0.25, -0.2) is 4.79 Å². The van der Waals surface area contributed by atoms with Gasteiger partial charge in [-0.2, -0.15) is 0 Å². The Balaban J connectivity index is 1.57. The average Bonchev–Trinajstić information content (AvgIpc) is 2.76. The highest BCUT2D eigenvalue weighted by atomic mass is 35.5. The monoisotopic (exact) mass is 454 g/mol. The predicted molar refractivity (Wildman–Crippen MR) is 123 cm³/mol. The number of nitrogens with one attached hydrogen (secondary N) is 2. The third-order valence-corrected chi connectivity index (χ3v) is 5.85. The molecule has 0 spiro atoms. The van der Waals surface area contributed by atoms with Crippen molar-refractivity contribution in [3.63, 3.8) is 0 Å². The van der Waals surface area contributed by atoms with E-state index in [2.05, 4.69) is 10.6 Å². The lowest BCUT2D eigenvalue weighted by molar-refractivity contribution is -0.113. The summed E-state index contributed by atoms with van der Waals surface area (Å²) < 4.78 is 0. The van der Waals surface area contributed by atoms with Gasteiger partial charge in [-0.05, 0) is 61.0 Å². The number of hydrogen-bond donors (Lipinski definition) is 3. The molecule has 0 saturated carbocycles. The third-order valence-electron chi connectivity index (χ3n) is 4.43. The average molecular weight is 455 g/mol. The highest BCUT2D eigenvalue weighted by Gasteiger charge is 2.16. The minimum atomic E-state index is -1.16. The van der Waals surface area contributed by atoms with E-state index in [9.17, 15) is 19.5 Å². The van der Waals surface area contributed by atoms with Crippen LogP contribution in [0.4, 0.5) is 11.4 Å². The van der Waals surface area contributed by atoms with Gasteiger partial charge >= 0.3 is 5.97 Å². The van der Waals surface area contributed by atoms with E-state index in [1.165, 1.54) is 23.9 Å². The van der Waals surface area contributed by atoms with Gasteiger partial charge in [0.1, 0.15) is 0 Å². The van der Waals surface area contributed by atoms with Gasteiger partial charge in [-0.3, -0.25) is 9.59 Å². The zero-order valence-corrected chi connectivity index (χ0v) is 18.1. The Hall–Kier alpha value is -3.29. The second-order valence-corrected chi connectivity index (χ2v) is 8.03. The van der Waals surface area contributed by atoms with E-state index >= 15 is 0 Å². The normalized spacial score (nSPS) is 10.4. The molecule has 8 heteroatoms. The summed E-state index contributed by atoms with van der Waals surface area (Å²) in [5, 5.41) is 15.3. The van der Waals surface area contributed by atoms with Gasteiger partial charge in [0.2, 0.25) is 5.91 Å². The van der Waals surface area contributed by atoms with Crippen LogP contribution in [0.25, 0.3) is 0 Å². The third kappa shape index (κ3) is 5.87. The smallest absolute Gasteiger partial charge is 0.336 e. The van der Waals surface area contributed by atoms with E-state index in [4.69, 9.17) is 11.6 Å². The number of carbonyl (C=O) groups is 3. The van der Waals surface area contributed by atoms with Crippen LogP contribution in [-0.4, -0.2) is 28.6 Å². The van der Waals surface area contributed by atoms with Crippen LogP contribution >= 0.6 is 23.4 Å². The molecule has 0 aromatic heterocycles. The van der Waals surface area contributed by atoms with Gasteiger partial charge in [-0.1, -0.05) is 29.8 Å². The molecule has 31 heavy (non-hydrogen) atoms. The van der Waals surface area contributed by atoms with E-state index in [-0.39, 0.29) is 22.8 Å². The van der Waals surface area contributed by atoms with Crippen molar-refractivity contribution in [1.29, 1.82) is 0 Å². The quantitative estimate of drug-likeness (QED) is 0.419. The van der Waals surface area contributed by atoms with Crippen LogP contribution in [0.5, 0.6) is 0 Å². The van der Waals surface area contributed by atoms with Crippen LogP contribution in [0.2, 0.25) is 5.02 Å². The molecule has 0 atom stereocenters. The Bertz CT molecular complexity index is 1130. The predicted octanol–water partition coefficient (Wildman–Crippen LogP) is 5.33. The zero-order valence-electron chi connectivity index (χ0n) is 16.5. The fraction of sp³-hybridized carbons (Fsp3) is 0.0870. The molecule has 0 unspecified atom stereocenters. The van der Waals surface area contributed by atoms with Crippen LogP contribution in [0.15, 0.2) is 71.6 Å². The SMILES string of the molecule is Cc1c(Cl)cccc1NC(=O)CSc1ccc(NC(=O)c2ccccc2C(=O)O)cc1. The van der Waals surface area contributed by atoms with Crippen LogP contribution in [-0.2, 0) is 4.79 Å². The number of halogens is 1. The lowest BCUT2D eigenvalue weighted by Crippen LogP contribution is -2.16. The largest absolute Gasteiger partial charge is 0.478 e. The molecule has 3 rings (SSSR count). The molecule has 0 aliphatic carbocycles. The van der Waals surface area contributed by atoms with Crippen LogP contribution < -0.4 is 10.6 Å². The number of aromatic carboxylic acids is 1. The Morgan fingerprint density at radius 3 is 2.26 bits per heavy atom. The summed E-state index contributed by atoms with van der Waals surface area (Å²) in [5.41, 5.74) is 2.04. The molecule has 3 aromatic rings. The fourth-order valence-electron chi connectivity index (χ4n) is 2.78. The highest BCUT2D eigenvalue weighted by molar-refractivity contribution is 8.00. The maximum absolute atomic E-state index is 12.4. The number of carboxylic acid groups (broad SMARTS) is 1. The lowest BCUT2D eigenvalue weighted by Gasteiger charge is -2.10. The molecule has 0 radical (unpaired) electrons. The summed E-state index contributed by atoms with van der Waals surface area (Å²) in [6, 6.07) is 18.3. The summed E-state index contributed by atoms with van der Waals surface area (Å²) in [5.74, 6) is -1.61. The summed E-state index contributed by atoms with van der Waals surface area (Å²) in [6.45, 7) is 1.84. The Morgan fingerprint density at radius 2 is 1.58 bits per heavy atom. The molecule has 0 aliphatic rings. The summed E-state index contributed by atoms with van der Waals surface area (Å²) in [7, 11) is 0. The summed E-state index contributed by atoms with van der Waals surface area (Å²) in [6.07, 6.45) is 0. The number of amides is 2. The molecule has 0 heterocycles. The maximum atomic E-state index is 12.4. The first-order valence-corrected chi connectivity index (χ1v) is 10.6. The number of carboxylic acids is 1. The summed E-state index contributed by atoms with van der Waals surface area (Å²) in [4.78, 5) is 36.8. The van der Waals surface area contributed by atoms with E-state index < -0.39 is 11.9 Å². The topological polar surface area (TPSA) is 95.5 Å². The molecule has 0 fully saturated rings. The van der Waals surface area contributed by atoms with Crippen molar-refractivity contribution in [2.75, 3.05) is 16.4 Å². The van der Waals surface area contributed by atoms with Crippen molar-refractivity contribution in [3.05, 3.63) is 88.4 Å². The first kappa shape index (κ1) is 22.4. The van der Waals surface area contributed by atoms with Gasteiger partial charge in [0.15, 0.2) is 0 Å². The van der Waals surface area contributed by atoms with Crippen molar-refractivity contribution < 1.29 is 19.5 Å². The zero-order chi connectivity index (χ0) is 22.4. The van der Waals surface area contributed by atoms with Crippen molar-refractivity contribution in [3.8, 4) is 0 Å². The van der Waals surface area contributed by atoms with Crippen molar-refractivity contribution >= 4 is 52.5 Å². The van der Waals surface area contributed by atoms with E-state index in [0.29, 0.717) is 16.4 Å². The van der Waals surface area contributed by atoms with Crippen molar-refractivity contribution in [2.24, 2.45) is 0 Å². The first-order chi connectivity index (χ1) is 14.8. The van der Waals surface area contributed by atoms with Gasteiger partial charge < -0.3 is 15.7 Å². The van der Waals surface area contributed by atoms with E-state index in [1.54, 1.807) is 54.6 Å². The number of carbonyl (C=O) groups excluding carboxylic acids is 2. The molecule has 0 aliphatic heterocycles. The minimum Gasteiger partial charge on any atom is -0.478 e. The second kappa shape index (κ2) is 10.1. The second-order valence-electron chi connectivity index (χ2n) is 6.58. The van der Waals surface area contributed by atoms with Gasteiger partial charge in [0.05, 0.1) is 16.9 Å². The van der Waals surface area contributed by atoms with Crippen LogP contribution in [0.1, 0.15) is 26.3 Å². The molecule has 0 bridgehead atoms. The molecule has 158 valence electrons. The molecular formula is C23H19ClN2O4S. The molecule has 2 amide bonds. The first-order valence-electron chi connectivity index (χ1n) is 9.26. The number of hydrogen-bond acceptors (Lipinski definition) is 4. The lowest BCUT2D eigenvalue weighted by atomic mass is 10.1. The number of rotatable bonds is 7. The summed E-state index contributed by atoms with van der Waals surface area (Å²) >= 11 is 7.42. The number of anilines is 2. The van der Waals surface area contributed by atoms with Crippen molar-refractivity contribution in [2.45, 2.75) is 11.8 Å². The fourth-order valence-corrected chi connectivity index (χ4v) is 3.65. The molecule has 3 N–H and O–H groups in total. The number of benzene rings is 3. The standard InChI is InChI=1S/C23H19ClN2O4S/c1-14-19(24)7-4-8-20(14)26-21(27)13-31-16-11-9-15(10-12-16)25-22(28)17-5-2-3-6-18(17)23(29)30/h2-12H,13H2,1H3,(H,25,28)(H,26,27)(H,29,30). The molecule has 0 saturated heterocycles. The van der Waals surface area contributed by atoms with Gasteiger partial charge in [0, 0.05) is 21.3 Å². The van der Waals surface area contributed by atoms with Crippen molar-refractivity contribution in [1.82, 2.24) is 0 Å². The van der Waals surface area contributed by atoms with Crippen LogP contribution in [0.3, 0.4) is 0 Å². The van der Waals surface area contributed by atoms with Gasteiger partial charge in [0.25, 0.3) is 5.91 Å². The Labute approximate surface area is 188 Å². The highest BCUT2D eigenvalue weighted by Crippen LogP contribution is 2.24. The molecular weight excluding hydrogens is 436 g/mol. The van der Waals surface area contributed by atoms with Crippen LogP contribution in [0, 0.1) is 6.92 Å². The van der Waals surface area contributed by atoms with E-state index in [0.717, 1.165) is 10.5 Å². The van der Waals surface area contributed by atoms with Gasteiger partial charge in [-0.15, -0.1) is 11.8 Å². The Morgan fingerprint density at radius 1 is 0.903 bits per heavy atom. The molecule has 6 nitrogen and oxygen atoms in total. The number of thioether (sulfide) groups is 1.